The van der Waals surface area contributed by atoms with Gasteiger partial charge in [0.15, 0.2) is 0 Å². The zero-order chi connectivity index (χ0) is 38.5. The van der Waals surface area contributed by atoms with Gasteiger partial charge in [0.1, 0.15) is 0 Å². The Bertz CT molecular complexity index is 2140. The molecule has 8 aromatic rings. The van der Waals surface area contributed by atoms with Crippen LogP contribution in [0.25, 0.3) is 66.1 Å². The van der Waals surface area contributed by atoms with Crippen LogP contribution >= 0.6 is 0 Å². The minimum atomic E-state index is 0. The topological polar surface area (TPSA) is 0 Å². The molecule has 284 valence electrons. The third-order valence-electron chi connectivity index (χ3n) is 9.84. The number of rotatable bonds is 4. The van der Waals surface area contributed by atoms with Crippen LogP contribution in [0.1, 0.15) is 52.7 Å². The SMILES string of the molecule is CC(C)(C)c1cc2c(-c3ccccc3)ccc(-c3ccccc3)c2[cH-]1.CC(C)(C)c1cc2c(-c3ccccc3)ccc(-c3ccccc3)c2[cH-]1.C[Si](C)=[Zr+2].[Cl-].[Cl-]. The number of hydrogen-bond donors (Lipinski definition) is 0. The Balaban J connectivity index is 0.000000220. The van der Waals surface area contributed by atoms with Crippen LogP contribution in [-0.4, -0.2) is 5.43 Å². The third kappa shape index (κ3) is 10.8. The summed E-state index contributed by atoms with van der Waals surface area (Å²) in [5.41, 5.74) is 13.6. The Morgan fingerprint density at radius 3 is 0.875 bits per heavy atom. The van der Waals surface area contributed by atoms with Gasteiger partial charge in [0, 0.05) is 0 Å². The monoisotopic (exact) mass is 864 g/mol. The molecule has 0 N–H and O–H groups in total. The second-order valence-corrected chi connectivity index (χ2v) is 25.8. The molecule has 0 atom stereocenters. The maximum atomic E-state index is 2.38. The van der Waals surface area contributed by atoms with E-state index in [-0.39, 0.29) is 41.1 Å². The van der Waals surface area contributed by atoms with Gasteiger partial charge >= 0.3 is 41.9 Å². The fourth-order valence-corrected chi connectivity index (χ4v) is 6.94. The molecule has 0 nitrogen and oxygen atoms in total. The van der Waals surface area contributed by atoms with Crippen LogP contribution in [-0.2, 0) is 34.2 Å². The van der Waals surface area contributed by atoms with Crippen molar-refractivity contribution >= 4 is 27.0 Å². The van der Waals surface area contributed by atoms with E-state index >= 15 is 0 Å². The molecule has 0 saturated heterocycles. The van der Waals surface area contributed by atoms with Gasteiger partial charge in [-0.3, -0.25) is 0 Å². The molecule has 0 radical (unpaired) electrons. The van der Waals surface area contributed by atoms with Crippen molar-refractivity contribution in [1.29, 1.82) is 0 Å². The summed E-state index contributed by atoms with van der Waals surface area (Å²) in [6.45, 7) is 18.3. The van der Waals surface area contributed by atoms with E-state index < -0.39 is 0 Å². The van der Waals surface area contributed by atoms with E-state index in [0.717, 1.165) is 0 Å². The summed E-state index contributed by atoms with van der Waals surface area (Å²) in [6.07, 6.45) is 0. The molecule has 0 saturated carbocycles. The van der Waals surface area contributed by atoms with Crippen LogP contribution < -0.4 is 24.8 Å². The number of fused-ring (bicyclic) bond motifs is 2. The van der Waals surface area contributed by atoms with E-state index in [0.29, 0.717) is 0 Å². The first-order valence-electron chi connectivity index (χ1n) is 19.0. The Morgan fingerprint density at radius 1 is 0.393 bits per heavy atom. The first kappa shape index (κ1) is 44.9. The summed E-state index contributed by atoms with van der Waals surface area (Å²) in [5.74, 6) is 0. The number of halogens is 2. The second-order valence-electron chi connectivity index (χ2n) is 16.4. The van der Waals surface area contributed by atoms with Gasteiger partial charge in [-0.05, 0) is 22.0 Å². The quantitative estimate of drug-likeness (QED) is 0.122. The molecule has 0 aliphatic rings. The molecule has 0 bridgehead atoms. The third-order valence-corrected chi connectivity index (χ3v) is 9.84. The summed E-state index contributed by atoms with van der Waals surface area (Å²) in [6, 6.07) is 61.3. The molecule has 8 rings (SSSR count). The van der Waals surface area contributed by atoms with Crippen molar-refractivity contribution in [2.75, 3.05) is 0 Å². The fraction of sp³-hybridized carbons (Fsp3) is 0.192. The Kier molecular flexibility index (Phi) is 15.7. The van der Waals surface area contributed by atoms with E-state index in [2.05, 4.69) is 224 Å². The average Bonchev–Trinajstić information content (AvgIpc) is 3.83. The van der Waals surface area contributed by atoms with Gasteiger partial charge in [-0.25, -0.2) is 0 Å². The van der Waals surface area contributed by atoms with E-state index in [1.165, 1.54) is 77.2 Å². The van der Waals surface area contributed by atoms with Crippen molar-refractivity contribution in [3.63, 3.8) is 0 Å². The summed E-state index contributed by atoms with van der Waals surface area (Å²) in [7, 11) is 0. The van der Waals surface area contributed by atoms with Gasteiger partial charge in [-0.15, -0.1) is 44.8 Å². The average molecular weight is 867 g/mol. The van der Waals surface area contributed by atoms with Crippen LogP contribution in [0.2, 0.25) is 13.1 Å². The molecule has 0 unspecified atom stereocenters. The van der Waals surface area contributed by atoms with E-state index in [1.807, 2.05) is 0 Å². The van der Waals surface area contributed by atoms with Gasteiger partial charge in [-0.2, -0.15) is 12.1 Å². The van der Waals surface area contributed by atoms with Gasteiger partial charge in [0.2, 0.25) is 0 Å². The molecule has 56 heavy (non-hydrogen) atoms. The van der Waals surface area contributed by atoms with E-state index in [4.69, 9.17) is 0 Å². The number of benzene rings is 6. The Hall–Kier alpha value is -3.78. The predicted molar refractivity (Wildman–Crippen MR) is 236 cm³/mol. The van der Waals surface area contributed by atoms with Gasteiger partial charge < -0.3 is 24.8 Å². The second kappa shape index (κ2) is 19.6. The Labute approximate surface area is 363 Å². The first-order valence-corrected chi connectivity index (χ1v) is 25.2. The minimum Gasteiger partial charge on any atom is -1.00 e. The first-order chi connectivity index (χ1) is 25.8. The van der Waals surface area contributed by atoms with E-state index in [1.54, 1.807) is 23.3 Å². The van der Waals surface area contributed by atoms with Crippen molar-refractivity contribution in [3.05, 3.63) is 181 Å². The Morgan fingerprint density at radius 2 is 0.625 bits per heavy atom. The molecule has 8 aromatic carbocycles. The molecule has 4 heteroatoms. The number of hydrogen-bond acceptors (Lipinski definition) is 0. The van der Waals surface area contributed by atoms with Crippen molar-refractivity contribution in [2.24, 2.45) is 0 Å². The zero-order valence-corrected chi connectivity index (χ0v) is 38.9. The zero-order valence-electron chi connectivity index (χ0n) is 33.9. The van der Waals surface area contributed by atoms with Crippen molar-refractivity contribution in [2.45, 2.75) is 65.5 Å². The van der Waals surface area contributed by atoms with Gasteiger partial charge in [0.25, 0.3) is 0 Å². The van der Waals surface area contributed by atoms with Crippen LogP contribution in [0.5, 0.6) is 0 Å². The summed E-state index contributed by atoms with van der Waals surface area (Å²) < 4.78 is 0. The van der Waals surface area contributed by atoms with Crippen molar-refractivity contribution in [3.8, 4) is 44.5 Å². The van der Waals surface area contributed by atoms with Crippen LogP contribution in [0.3, 0.4) is 0 Å². The maximum absolute atomic E-state index is 2.38. The standard InChI is InChI=1S/2C25H23.C2H6Si.2ClH.Zr/c2*1-25(2,3)20-16-23-21(18-10-6-4-7-11-18)14-15-22(24(23)17-20)19-12-8-5-9-13-19;1-3-2;;;/h2*4-17H,1-3H3;1-2H3;2*1H;/q2*-1;;;;+2/p-2. The molecule has 0 spiro atoms. The van der Waals surface area contributed by atoms with Crippen molar-refractivity contribution in [1.82, 2.24) is 0 Å². The molecular weight excluding hydrogens is 815 g/mol. The molecule has 0 fully saturated rings. The molecule has 0 aliphatic heterocycles. The molecule has 0 amide bonds. The fourth-order valence-electron chi connectivity index (χ4n) is 6.94. The molecule has 0 aromatic heterocycles. The predicted octanol–water partition coefficient (Wildman–Crippen LogP) is 9.17. The molecule has 0 heterocycles. The van der Waals surface area contributed by atoms with Crippen molar-refractivity contribution < 1.29 is 48.1 Å². The minimum absolute atomic E-state index is 0. The van der Waals surface area contributed by atoms with Gasteiger partial charge in [0.05, 0.1) is 0 Å². The molecular formula is C52H52Cl2SiZr-2. The largest absolute Gasteiger partial charge is 1.00 e. The van der Waals surface area contributed by atoms with Gasteiger partial charge in [-0.1, -0.05) is 221 Å². The maximum Gasteiger partial charge on any atom is -1.00 e. The van der Waals surface area contributed by atoms with E-state index in [9.17, 15) is 0 Å². The summed E-state index contributed by atoms with van der Waals surface area (Å²) in [4.78, 5) is 0. The van der Waals surface area contributed by atoms with Crippen LogP contribution in [0, 0.1) is 0 Å². The smallest absolute Gasteiger partial charge is 1.00 e. The summed E-state index contributed by atoms with van der Waals surface area (Å²) in [5, 5.41) is 5.38. The normalized spacial score (nSPS) is 11.0. The van der Waals surface area contributed by atoms with Crippen LogP contribution in [0.4, 0.5) is 0 Å². The molecule has 0 aliphatic carbocycles. The summed E-state index contributed by atoms with van der Waals surface area (Å²) >= 11 is 1.74. The van der Waals surface area contributed by atoms with Crippen LogP contribution in [0.15, 0.2) is 170 Å².